The van der Waals surface area contributed by atoms with Gasteiger partial charge in [0.15, 0.2) is 0 Å². The Hall–Kier alpha value is -3.89. The maximum atomic E-state index is 14.9. The summed E-state index contributed by atoms with van der Waals surface area (Å²) < 4.78 is 60.8. The highest BCUT2D eigenvalue weighted by Gasteiger charge is 2.36. The van der Waals surface area contributed by atoms with Crippen molar-refractivity contribution in [2.75, 3.05) is 19.4 Å². The van der Waals surface area contributed by atoms with Crippen LogP contribution in [0.15, 0.2) is 36.5 Å². The Morgan fingerprint density at radius 2 is 2.00 bits per heavy atom. The average molecular weight is 459 g/mol. The lowest BCUT2D eigenvalue weighted by Crippen LogP contribution is -2.32. The number of alkyl halides is 3. The van der Waals surface area contributed by atoms with Crippen LogP contribution in [0, 0.1) is 5.82 Å². The molecular formula is C22H17F4N5O2. The molecule has 2 N–H and O–H groups in total. The molecule has 11 heteroatoms. The number of benzene rings is 2. The maximum Gasteiger partial charge on any atom is 0.416 e. The Morgan fingerprint density at radius 3 is 2.73 bits per heavy atom. The molecule has 0 saturated carbocycles. The van der Waals surface area contributed by atoms with Crippen molar-refractivity contribution in [3.05, 3.63) is 59.0 Å². The van der Waals surface area contributed by atoms with Gasteiger partial charge in [0.2, 0.25) is 0 Å². The van der Waals surface area contributed by atoms with Crippen molar-refractivity contribution in [2.45, 2.75) is 12.2 Å². The Morgan fingerprint density at radius 1 is 1.24 bits per heavy atom. The number of rotatable bonds is 2. The SMILES string of the molecule is CN(C(=O)c1cc2c(cc1F)nc(N)c1c2cnn1C)[C@@H]1COc2cc(C(F)(F)F)ccc21. The van der Waals surface area contributed by atoms with Gasteiger partial charge in [-0.3, -0.25) is 9.48 Å². The van der Waals surface area contributed by atoms with Crippen LogP contribution in [-0.4, -0.2) is 39.2 Å². The monoisotopic (exact) mass is 459 g/mol. The maximum absolute atomic E-state index is 14.9. The van der Waals surface area contributed by atoms with Crippen molar-refractivity contribution in [1.82, 2.24) is 19.7 Å². The number of ether oxygens (including phenoxy) is 1. The first-order chi connectivity index (χ1) is 15.6. The predicted molar refractivity (Wildman–Crippen MR) is 112 cm³/mol. The zero-order valence-electron chi connectivity index (χ0n) is 17.4. The molecule has 0 saturated heterocycles. The molecule has 0 fully saturated rings. The van der Waals surface area contributed by atoms with E-state index in [1.165, 1.54) is 28.8 Å². The van der Waals surface area contributed by atoms with Crippen molar-refractivity contribution in [1.29, 1.82) is 0 Å². The van der Waals surface area contributed by atoms with Gasteiger partial charge in [-0.1, -0.05) is 6.07 Å². The zero-order valence-corrected chi connectivity index (χ0v) is 17.4. The first kappa shape index (κ1) is 21.0. The van der Waals surface area contributed by atoms with Gasteiger partial charge in [-0.2, -0.15) is 18.3 Å². The smallest absolute Gasteiger partial charge is 0.416 e. The van der Waals surface area contributed by atoms with E-state index in [-0.39, 0.29) is 29.3 Å². The molecule has 0 bridgehead atoms. The van der Waals surface area contributed by atoms with Gasteiger partial charge in [0.05, 0.1) is 28.9 Å². The summed E-state index contributed by atoms with van der Waals surface area (Å²) in [5.74, 6) is -1.21. The van der Waals surface area contributed by atoms with E-state index in [4.69, 9.17) is 10.5 Å². The molecule has 0 spiro atoms. The Balaban J connectivity index is 1.54. The molecule has 170 valence electrons. The molecule has 0 aliphatic carbocycles. The number of carbonyl (C=O) groups excluding carboxylic acids is 1. The number of aryl methyl sites for hydroxylation is 1. The van der Waals surface area contributed by atoms with E-state index in [1.807, 2.05) is 0 Å². The van der Waals surface area contributed by atoms with E-state index in [0.29, 0.717) is 21.9 Å². The molecule has 5 rings (SSSR count). The average Bonchev–Trinajstić information content (AvgIpc) is 3.35. The van der Waals surface area contributed by atoms with Gasteiger partial charge in [-0.25, -0.2) is 9.37 Å². The standard InChI is InChI=1S/C22H17F4N5O2/c1-30(17-9-33-18-5-10(22(24,25)26)3-4-11(17)18)21(32)13-6-12-14-8-28-31(2)19(14)20(27)29-16(12)7-15(13)23/h3-8,17H,9H2,1-2H3,(H2,27,29)/t17-/m1/s1. The number of hydrogen-bond acceptors (Lipinski definition) is 5. The number of anilines is 1. The second kappa shape index (κ2) is 7.06. The molecule has 1 aliphatic heterocycles. The normalized spacial score (nSPS) is 15.6. The molecule has 3 heterocycles. The second-order valence-corrected chi connectivity index (χ2v) is 7.87. The summed E-state index contributed by atoms with van der Waals surface area (Å²) in [7, 11) is 3.14. The van der Waals surface area contributed by atoms with Gasteiger partial charge in [-0.05, 0) is 18.2 Å². The van der Waals surface area contributed by atoms with E-state index in [0.717, 1.165) is 18.2 Å². The topological polar surface area (TPSA) is 86.3 Å². The largest absolute Gasteiger partial charge is 0.491 e. The van der Waals surface area contributed by atoms with Crippen LogP contribution >= 0.6 is 0 Å². The van der Waals surface area contributed by atoms with Crippen LogP contribution in [0.4, 0.5) is 23.4 Å². The number of pyridine rings is 1. The number of amides is 1. The van der Waals surface area contributed by atoms with Crippen LogP contribution in [0.25, 0.3) is 21.8 Å². The summed E-state index contributed by atoms with van der Waals surface area (Å²) in [5, 5.41) is 5.28. The molecule has 1 aliphatic rings. The number of hydrogen-bond donors (Lipinski definition) is 1. The van der Waals surface area contributed by atoms with Crippen molar-refractivity contribution in [3.8, 4) is 5.75 Å². The minimum atomic E-state index is -4.51. The molecule has 4 aromatic rings. The number of nitrogens with zero attached hydrogens (tertiary/aromatic N) is 4. The van der Waals surface area contributed by atoms with Crippen LogP contribution in [0.5, 0.6) is 5.75 Å². The van der Waals surface area contributed by atoms with Crippen molar-refractivity contribution < 1.29 is 27.1 Å². The molecule has 1 atom stereocenters. The summed E-state index contributed by atoms with van der Waals surface area (Å²) in [6.07, 6.45) is -2.95. The number of halogens is 4. The van der Waals surface area contributed by atoms with Crippen molar-refractivity contribution in [3.63, 3.8) is 0 Å². The predicted octanol–water partition coefficient (Wildman–Crippen LogP) is 4.07. The van der Waals surface area contributed by atoms with Crippen LogP contribution < -0.4 is 10.5 Å². The molecule has 7 nitrogen and oxygen atoms in total. The third-order valence-electron chi connectivity index (χ3n) is 5.91. The zero-order chi connectivity index (χ0) is 23.7. The first-order valence-corrected chi connectivity index (χ1v) is 9.88. The summed E-state index contributed by atoms with van der Waals surface area (Å²) in [6, 6.07) is 4.97. The van der Waals surface area contributed by atoms with Gasteiger partial charge in [0.25, 0.3) is 5.91 Å². The van der Waals surface area contributed by atoms with E-state index in [9.17, 15) is 22.4 Å². The minimum Gasteiger partial charge on any atom is -0.491 e. The fourth-order valence-corrected chi connectivity index (χ4v) is 4.18. The number of fused-ring (bicyclic) bond motifs is 4. The third-order valence-corrected chi connectivity index (χ3v) is 5.91. The van der Waals surface area contributed by atoms with Gasteiger partial charge in [0.1, 0.15) is 29.5 Å². The summed E-state index contributed by atoms with van der Waals surface area (Å²) in [5.41, 5.74) is 6.18. The molecule has 1 amide bonds. The Bertz CT molecular complexity index is 1450. The van der Waals surface area contributed by atoms with Gasteiger partial charge in [0, 0.05) is 36.5 Å². The van der Waals surface area contributed by atoms with Crippen LogP contribution in [0.2, 0.25) is 0 Å². The Labute approximate surface area is 184 Å². The van der Waals surface area contributed by atoms with Gasteiger partial charge in [-0.15, -0.1) is 0 Å². The molecule has 2 aromatic carbocycles. The van der Waals surface area contributed by atoms with E-state index in [1.54, 1.807) is 13.2 Å². The molecule has 0 unspecified atom stereocenters. The first-order valence-electron chi connectivity index (χ1n) is 9.88. The number of nitrogens with two attached hydrogens (primary N) is 1. The number of carbonyl (C=O) groups is 1. The van der Waals surface area contributed by atoms with Crippen LogP contribution in [0.3, 0.4) is 0 Å². The second-order valence-electron chi connectivity index (χ2n) is 7.87. The van der Waals surface area contributed by atoms with Crippen LogP contribution in [-0.2, 0) is 13.2 Å². The quantitative estimate of drug-likeness (QED) is 0.457. The van der Waals surface area contributed by atoms with E-state index in [2.05, 4.69) is 10.1 Å². The molecule has 0 radical (unpaired) electrons. The summed E-state index contributed by atoms with van der Waals surface area (Å²) in [6.45, 7) is -0.0426. The summed E-state index contributed by atoms with van der Waals surface area (Å²) in [4.78, 5) is 18.7. The highest BCUT2D eigenvalue weighted by molar-refractivity contribution is 6.10. The number of aromatic nitrogens is 3. The van der Waals surface area contributed by atoms with Gasteiger partial charge >= 0.3 is 6.18 Å². The van der Waals surface area contributed by atoms with Crippen molar-refractivity contribution in [2.24, 2.45) is 7.05 Å². The fraction of sp³-hybridized carbons (Fsp3) is 0.227. The third kappa shape index (κ3) is 3.22. The lowest BCUT2D eigenvalue weighted by molar-refractivity contribution is -0.137. The Kier molecular flexibility index (Phi) is 4.49. The molecule has 33 heavy (non-hydrogen) atoms. The lowest BCUT2D eigenvalue weighted by atomic mass is 10.0. The molecular weight excluding hydrogens is 442 g/mol. The lowest BCUT2D eigenvalue weighted by Gasteiger charge is -2.24. The summed E-state index contributed by atoms with van der Waals surface area (Å²) >= 11 is 0. The van der Waals surface area contributed by atoms with Crippen molar-refractivity contribution >= 4 is 33.5 Å². The highest BCUT2D eigenvalue weighted by atomic mass is 19.4. The van der Waals surface area contributed by atoms with Crippen LogP contribution in [0.1, 0.15) is 27.5 Å². The minimum absolute atomic E-state index is 0.0426. The van der Waals surface area contributed by atoms with E-state index < -0.39 is 29.5 Å². The number of nitrogen functional groups attached to an aromatic ring is 1. The molecule has 2 aromatic heterocycles. The fourth-order valence-electron chi connectivity index (χ4n) is 4.18. The van der Waals surface area contributed by atoms with E-state index >= 15 is 0 Å². The number of likely N-dealkylation sites (N-methyl/N-ethyl adjacent to an activating group) is 1. The van der Waals surface area contributed by atoms with Gasteiger partial charge < -0.3 is 15.4 Å². The highest BCUT2D eigenvalue weighted by Crippen LogP contribution is 2.40.